The molecule has 0 aliphatic rings. The number of benzene rings is 2. The molecule has 0 aliphatic carbocycles. The predicted octanol–water partition coefficient (Wildman–Crippen LogP) is 5.06. The second-order valence-corrected chi connectivity index (χ2v) is 11.4. The van der Waals surface area contributed by atoms with Crippen LogP contribution in [0.25, 0.3) is 0 Å². The van der Waals surface area contributed by atoms with E-state index in [1.54, 1.807) is 37.3 Å². The summed E-state index contributed by atoms with van der Waals surface area (Å²) in [6.45, 7) is 6.35. The van der Waals surface area contributed by atoms with Gasteiger partial charge in [0.15, 0.2) is 0 Å². The molecule has 10 heteroatoms. The number of amides is 2. The fourth-order valence-electron chi connectivity index (χ4n) is 4.06. The number of nitrogens with one attached hydrogen (secondary N) is 1. The number of rotatable bonds is 14. The number of carbonyl (C=O) groups excluding carboxylic acids is 2. The molecular formula is C27H37ClFN3O4S. The van der Waals surface area contributed by atoms with Crippen LogP contribution >= 0.6 is 11.6 Å². The van der Waals surface area contributed by atoms with E-state index in [9.17, 15) is 22.4 Å². The van der Waals surface area contributed by atoms with Crippen LogP contribution in [0.1, 0.15) is 57.1 Å². The summed E-state index contributed by atoms with van der Waals surface area (Å²) in [6.07, 6.45) is 3.56. The van der Waals surface area contributed by atoms with Crippen molar-refractivity contribution in [3.05, 3.63) is 64.4 Å². The molecule has 0 radical (unpaired) electrons. The monoisotopic (exact) mass is 553 g/mol. The summed E-state index contributed by atoms with van der Waals surface area (Å²) in [5.41, 5.74) is 1.79. The maximum absolute atomic E-state index is 13.4. The van der Waals surface area contributed by atoms with Crippen LogP contribution in [0.4, 0.5) is 10.1 Å². The molecule has 0 spiro atoms. The second kappa shape index (κ2) is 14.3. The summed E-state index contributed by atoms with van der Waals surface area (Å²) in [6, 6.07) is 10.2. The number of halogens is 2. The van der Waals surface area contributed by atoms with Gasteiger partial charge in [0, 0.05) is 31.1 Å². The first-order valence-corrected chi connectivity index (χ1v) is 14.8. The molecule has 0 saturated heterocycles. The molecule has 0 bridgehead atoms. The van der Waals surface area contributed by atoms with Gasteiger partial charge in [0.25, 0.3) is 0 Å². The van der Waals surface area contributed by atoms with E-state index in [2.05, 4.69) is 5.32 Å². The van der Waals surface area contributed by atoms with Crippen molar-refractivity contribution in [3.63, 3.8) is 0 Å². The van der Waals surface area contributed by atoms with Crippen molar-refractivity contribution in [2.75, 3.05) is 23.7 Å². The molecule has 0 heterocycles. The Morgan fingerprint density at radius 1 is 1.08 bits per heavy atom. The van der Waals surface area contributed by atoms with Gasteiger partial charge in [-0.15, -0.1) is 0 Å². The molecule has 1 N–H and O–H groups in total. The van der Waals surface area contributed by atoms with Crippen molar-refractivity contribution in [1.29, 1.82) is 0 Å². The fourth-order valence-corrected chi connectivity index (χ4v) is 5.25. The molecule has 0 saturated carbocycles. The van der Waals surface area contributed by atoms with Crippen LogP contribution in [0.5, 0.6) is 0 Å². The van der Waals surface area contributed by atoms with Gasteiger partial charge in [-0.1, -0.05) is 50.1 Å². The summed E-state index contributed by atoms with van der Waals surface area (Å²) < 4.78 is 39.8. The van der Waals surface area contributed by atoms with Crippen LogP contribution in [0.2, 0.25) is 5.02 Å². The molecule has 1 atom stereocenters. The van der Waals surface area contributed by atoms with E-state index in [0.29, 0.717) is 34.8 Å². The van der Waals surface area contributed by atoms with Gasteiger partial charge < -0.3 is 10.2 Å². The third kappa shape index (κ3) is 9.00. The lowest BCUT2D eigenvalue weighted by molar-refractivity contribution is -0.141. The average molecular weight is 554 g/mol. The van der Waals surface area contributed by atoms with E-state index in [4.69, 9.17) is 11.6 Å². The molecule has 2 aromatic carbocycles. The van der Waals surface area contributed by atoms with Gasteiger partial charge in [-0.2, -0.15) is 0 Å². The molecular weight excluding hydrogens is 517 g/mol. The van der Waals surface area contributed by atoms with Crippen molar-refractivity contribution >= 4 is 39.1 Å². The van der Waals surface area contributed by atoms with Crippen molar-refractivity contribution in [1.82, 2.24) is 10.2 Å². The first-order chi connectivity index (χ1) is 17.5. The highest BCUT2D eigenvalue weighted by atomic mass is 35.5. The SMILES string of the molecule is CCCCNC(=O)C(CC)N(Cc1ccc(F)cc1)C(=O)CCCN(c1cccc(Cl)c1C)S(C)(=O)=O. The molecule has 37 heavy (non-hydrogen) atoms. The molecule has 0 aliphatic heterocycles. The zero-order valence-electron chi connectivity index (χ0n) is 22.0. The van der Waals surface area contributed by atoms with E-state index < -0.39 is 16.1 Å². The normalized spacial score (nSPS) is 12.2. The highest BCUT2D eigenvalue weighted by Gasteiger charge is 2.29. The largest absolute Gasteiger partial charge is 0.354 e. The smallest absolute Gasteiger partial charge is 0.242 e. The van der Waals surface area contributed by atoms with Gasteiger partial charge in [-0.3, -0.25) is 13.9 Å². The molecule has 7 nitrogen and oxygen atoms in total. The van der Waals surface area contributed by atoms with Crippen LogP contribution in [0.3, 0.4) is 0 Å². The Morgan fingerprint density at radius 3 is 2.35 bits per heavy atom. The maximum Gasteiger partial charge on any atom is 0.242 e. The fraction of sp³-hybridized carbons (Fsp3) is 0.481. The quantitative estimate of drug-likeness (QED) is 0.331. The summed E-state index contributed by atoms with van der Waals surface area (Å²) in [5.74, 6) is -0.903. The van der Waals surface area contributed by atoms with Gasteiger partial charge in [0.1, 0.15) is 11.9 Å². The van der Waals surface area contributed by atoms with E-state index in [0.717, 1.165) is 19.1 Å². The topological polar surface area (TPSA) is 86.8 Å². The van der Waals surface area contributed by atoms with Crippen molar-refractivity contribution < 1.29 is 22.4 Å². The Bertz CT molecular complexity index is 1160. The minimum absolute atomic E-state index is 0.0333. The molecule has 204 valence electrons. The summed E-state index contributed by atoms with van der Waals surface area (Å²) in [7, 11) is -3.63. The summed E-state index contributed by atoms with van der Waals surface area (Å²) >= 11 is 6.20. The number of hydrogen-bond acceptors (Lipinski definition) is 4. The third-order valence-electron chi connectivity index (χ3n) is 6.14. The lowest BCUT2D eigenvalue weighted by Crippen LogP contribution is -2.49. The average Bonchev–Trinajstić information content (AvgIpc) is 2.84. The Morgan fingerprint density at radius 2 is 1.76 bits per heavy atom. The Balaban J connectivity index is 2.22. The molecule has 2 amide bonds. The maximum atomic E-state index is 13.4. The van der Waals surface area contributed by atoms with Gasteiger partial charge in [-0.25, -0.2) is 12.8 Å². The van der Waals surface area contributed by atoms with Crippen LogP contribution < -0.4 is 9.62 Å². The van der Waals surface area contributed by atoms with Crippen LogP contribution in [-0.2, 0) is 26.2 Å². The van der Waals surface area contributed by atoms with E-state index >= 15 is 0 Å². The highest BCUT2D eigenvalue weighted by molar-refractivity contribution is 7.92. The molecule has 2 rings (SSSR count). The Kier molecular flexibility index (Phi) is 11.8. The molecule has 0 fully saturated rings. The zero-order chi connectivity index (χ0) is 27.6. The first kappa shape index (κ1) is 30.6. The van der Waals surface area contributed by atoms with Gasteiger partial charge in [0.2, 0.25) is 21.8 Å². The van der Waals surface area contributed by atoms with Crippen LogP contribution in [-0.4, -0.2) is 50.5 Å². The number of hydrogen-bond donors (Lipinski definition) is 1. The van der Waals surface area contributed by atoms with E-state index in [-0.39, 0.29) is 43.6 Å². The van der Waals surface area contributed by atoms with Gasteiger partial charge in [-0.05, 0) is 61.6 Å². The zero-order valence-corrected chi connectivity index (χ0v) is 23.5. The predicted molar refractivity (Wildman–Crippen MR) is 147 cm³/mol. The van der Waals surface area contributed by atoms with Gasteiger partial charge >= 0.3 is 0 Å². The van der Waals surface area contributed by atoms with Crippen molar-refractivity contribution in [3.8, 4) is 0 Å². The highest BCUT2D eigenvalue weighted by Crippen LogP contribution is 2.28. The van der Waals surface area contributed by atoms with Gasteiger partial charge in [0.05, 0.1) is 11.9 Å². The third-order valence-corrected chi connectivity index (χ3v) is 7.73. The number of nitrogens with zero attached hydrogens (tertiary/aromatic N) is 2. The number of anilines is 1. The van der Waals surface area contributed by atoms with E-state index in [1.807, 2.05) is 13.8 Å². The number of carbonyl (C=O) groups is 2. The second-order valence-electron chi connectivity index (χ2n) is 9.04. The molecule has 2 aromatic rings. The standard InChI is InChI=1S/C27H37ClFN3O4S/c1-5-7-17-30-27(34)24(6-2)31(19-21-13-15-22(29)16-14-21)26(33)12-9-18-32(37(4,35)36)25-11-8-10-23(28)20(25)3/h8,10-11,13-16,24H,5-7,9,12,17-19H2,1-4H3,(H,30,34). The minimum atomic E-state index is -3.63. The van der Waals surface area contributed by atoms with E-state index in [1.165, 1.54) is 21.3 Å². The Hall–Kier alpha value is -2.65. The van der Waals surface area contributed by atoms with Crippen LogP contribution in [0, 0.1) is 12.7 Å². The van der Waals surface area contributed by atoms with Crippen LogP contribution in [0.15, 0.2) is 42.5 Å². The molecule has 0 aromatic heterocycles. The lowest BCUT2D eigenvalue weighted by Gasteiger charge is -2.31. The van der Waals surface area contributed by atoms with Crippen molar-refractivity contribution in [2.24, 2.45) is 0 Å². The lowest BCUT2D eigenvalue weighted by atomic mass is 10.1. The number of unbranched alkanes of at least 4 members (excludes halogenated alkanes) is 1. The Labute approximate surface area is 225 Å². The van der Waals surface area contributed by atoms with Crippen molar-refractivity contribution in [2.45, 2.75) is 65.5 Å². The first-order valence-electron chi connectivity index (χ1n) is 12.5. The minimum Gasteiger partial charge on any atom is -0.354 e. The molecule has 1 unspecified atom stereocenters. The number of sulfonamides is 1. The summed E-state index contributed by atoms with van der Waals surface area (Å²) in [4.78, 5) is 27.9. The summed E-state index contributed by atoms with van der Waals surface area (Å²) in [5, 5.41) is 3.35.